The van der Waals surface area contributed by atoms with E-state index in [9.17, 15) is 0 Å². The van der Waals surface area contributed by atoms with E-state index < -0.39 is 0 Å². The van der Waals surface area contributed by atoms with Gasteiger partial charge in [-0.1, -0.05) is 60.2 Å². The third-order valence-corrected chi connectivity index (χ3v) is 3.95. The van der Waals surface area contributed by atoms with Crippen LogP contribution in [0.4, 0.5) is 11.5 Å². The number of para-hydroxylation sites is 2. The van der Waals surface area contributed by atoms with Gasteiger partial charge in [0.1, 0.15) is 5.82 Å². The molecule has 0 atom stereocenters. The van der Waals surface area contributed by atoms with Crippen LogP contribution in [0.3, 0.4) is 0 Å². The lowest BCUT2D eigenvalue weighted by Gasteiger charge is -2.11. The fraction of sp³-hybridized carbons (Fsp3) is 0.0476. The van der Waals surface area contributed by atoms with E-state index in [1.807, 2.05) is 54.6 Å². The number of anilines is 2. The molecule has 0 amide bonds. The number of hydrogen-bond donors (Lipinski definition) is 1. The van der Waals surface area contributed by atoms with Gasteiger partial charge in [0.25, 0.3) is 0 Å². The summed E-state index contributed by atoms with van der Waals surface area (Å²) in [7, 11) is 0. The van der Waals surface area contributed by atoms with Crippen molar-refractivity contribution in [2.24, 2.45) is 0 Å². The fourth-order valence-electron chi connectivity index (χ4n) is 2.66. The zero-order valence-corrected chi connectivity index (χ0v) is 13.4. The lowest BCUT2D eigenvalue weighted by molar-refractivity contribution is 1.22. The SMILES string of the molecule is Cc1ccc(-c2nc(Nc3ccccc3)c3ccccc3n2)cc1. The highest BCUT2D eigenvalue weighted by Crippen LogP contribution is 2.27. The molecule has 0 aliphatic carbocycles. The van der Waals surface area contributed by atoms with Crippen LogP contribution >= 0.6 is 0 Å². The van der Waals surface area contributed by atoms with Crippen molar-refractivity contribution in [1.29, 1.82) is 0 Å². The minimum atomic E-state index is 0.729. The summed E-state index contributed by atoms with van der Waals surface area (Å²) in [6.45, 7) is 2.08. The Hall–Kier alpha value is -3.20. The van der Waals surface area contributed by atoms with Gasteiger partial charge in [-0.05, 0) is 31.2 Å². The summed E-state index contributed by atoms with van der Waals surface area (Å²) in [5.41, 5.74) is 4.18. The van der Waals surface area contributed by atoms with Crippen molar-refractivity contribution < 1.29 is 0 Å². The van der Waals surface area contributed by atoms with E-state index in [0.717, 1.165) is 33.8 Å². The first-order valence-electron chi connectivity index (χ1n) is 7.95. The summed E-state index contributed by atoms with van der Waals surface area (Å²) in [5, 5.41) is 4.43. The molecule has 1 N–H and O–H groups in total. The van der Waals surface area contributed by atoms with Gasteiger partial charge in [-0.2, -0.15) is 0 Å². The molecule has 0 saturated heterocycles. The zero-order chi connectivity index (χ0) is 16.4. The molecule has 0 saturated carbocycles. The highest BCUT2D eigenvalue weighted by molar-refractivity contribution is 5.92. The van der Waals surface area contributed by atoms with Gasteiger partial charge in [0.15, 0.2) is 5.82 Å². The molecule has 3 nitrogen and oxygen atoms in total. The molecule has 0 spiro atoms. The van der Waals surface area contributed by atoms with Crippen molar-refractivity contribution in [3.63, 3.8) is 0 Å². The minimum Gasteiger partial charge on any atom is -0.340 e. The number of fused-ring (bicyclic) bond motifs is 1. The molecule has 1 aromatic heterocycles. The van der Waals surface area contributed by atoms with E-state index >= 15 is 0 Å². The Labute approximate surface area is 141 Å². The minimum absolute atomic E-state index is 0.729. The number of nitrogens with one attached hydrogen (secondary N) is 1. The van der Waals surface area contributed by atoms with Gasteiger partial charge in [-0.15, -0.1) is 0 Å². The molecular formula is C21H17N3. The molecule has 0 fully saturated rings. The first-order chi connectivity index (χ1) is 11.8. The maximum Gasteiger partial charge on any atom is 0.162 e. The Morgan fingerprint density at radius 2 is 1.42 bits per heavy atom. The number of hydrogen-bond acceptors (Lipinski definition) is 3. The lowest BCUT2D eigenvalue weighted by Crippen LogP contribution is -1.99. The molecule has 3 aromatic carbocycles. The summed E-state index contributed by atoms with van der Waals surface area (Å²) in [5.74, 6) is 1.55. The molecular weight excluding hydrogens is 294 g/mol. The maximum atomic E-state index is 4.77. The maximum absolute atomic E-state index is 4.77. The van der Waals surface area contributed by atoms with E-state index in [4.69, 9.17) is 9.97 Å². The van der Waals surface area contributed by atoms with Crippen molar-refractivity contribution in [2.75, 3.05) is 5.32 Å². The summed E-state index contributed by atoms with van der Waals surface area (Å²) in [4.78, 5) is 9.50. The average molecular weight is 311 g/mol. The standard InChI is InChI=1S/C21H17N3/c1-15-11-13-16(14-12-15)20-23-19-10-6-5-9-18(19)21(24-20)22-17-7-3-2-4-8-17/h2-14H,1H3,(H,22,23,24). The molecule has 1 heterocycles. The molecule has 24 heavy (non-hydrogen) atoms. The first-order valence-corrected chi connectivity index (χ1v) is 7.95. The Morgan fingerprint density at radius 1 is 0.708 bits per heavy atom. The number of benzene rings is 3. The van der Waals surface area contributed by atoms with Crippen LogP contribution in [0.15, 0.2) is 78.9 Å². The average Bonchev–Trinajstić information content (AvgIpc) is 2.63. The largest absolute Gasteiger partial charge is 0.340 e. The second kappa shape index (κ2) is 6.13. The van der Waals surface area contributed by atoms with Gasteiger partial charge < -0.3 is 5.32 Å². The second-order valence-corrected chi connectivity index (χ2v) is 5.77. The number of nitrogens with zero attached hydrogens (tertiary/aromatic N) is 2. The van der Waals surface area contributed by atoms with Gasteiger partial charge >= 0.3 is 0 Å². The molecule has 0 aliphatic heterocycles. The Balaban J connectivity index is 1.86. The van der Waals surface area contributed by atoms with Crippen LogP contribution in [0.5, 0.6) is 0 Å². The van der Waals surface area contributed by atoms with Crippen molar-refractivity contribution in [1.82, 2.24) is 9.97 Å². The van der Waals surface area contributed by atoms with E-state index in [1.54, 1.807) is 0 Å². The van der Waals surface area contributed by atoms with Gasteiger partial charge in [-0.25, -0.2) is 9.97 Å². The van der Waals surface area contributed by atoms with Crippen molar-refractivity contribution in [3.05, 3.63) is 84.4 Å². The zero-order valence-electron chi connectivity index (χ0n) is 13.4. The lowest BCUT2D eigenvalue weighted by atomic mass is 10.1. The predicted octanol–water partition coefficient (Wildman–Crippen LogP) is 5.35. The third-order valence-electron chi connectivity index (χ3n) is 3.95. The van der Waals surface area contributed by atoms with Gasteiger partial charge in [0, 0.05) is 16.6 Å². The number of rotatable bonds is 3. The van der Waals surface area contributed by atoms with E-state index in [2.05, 4.69) is 36.5 Å². The summed E-state index contributed by atoms with van der Waals surface area (Å²) in [6.07, 6.45) is 0. The van der Waals surface area contributed by atoms with Gasteiger partial charge in [0.2, 0.25) is 0 Å². The van der Waals surface area contributed by atoms with Crippen LogP contribution < -0.4 is 5.32 Å². The molecule has 4 rings (SSSR count). The van der Waals surface area contributed by atoms with Crippen molar-refractivity contribution in [2.45, 2.75) is 6.92 Å². The molecule has 0 bridgehead atoms. The number of aromatic nitrogens is 2. The summed E-state index contributed by atoms with van der Waals surface area (Å²) in [6, 6.07) is 26.4. The molecule has 0 radical (unpaired) electrons. The van der Waals surface area contributed by atoms with E-state index in [1.165, 1.54) is 5.56 Å². The van der Waals surface area contributed by atoms with E-state index in [0.29, 0.717) is 0 Å². The quantitative estimate of drug-likeness (QED) is 0.554. The second-order valence-electron chi connectivity index (χ2n) is 5.77. The van der Waals surface area contributed by atoms with Crippen molar-refractivity contribution >= 4 is 22.4 Å². The monoisotopic (exact) mass is 311 g/mol. The van der Waals surface area contributed by atoms with Gasteiger partial charge in [-0.3, -0.25) is 0 Å². The van der Waals surface area contributed by atoms with Crippen molar-refractivity contribution in [3.8, 4) is 11.4 Å². The van der Waals surface area contributed by atoms with Crippen LogP contribution in [-0.2, 0) is 0 Å². The van der Waals surface area contributed by atoms with E-state index in [-0.39, 0.29) is 0 Å². The number of aryl methyl sites for hydroxylation is 1. The van der Waals surface area contributed by atoms with Crippen LogP contribution in [-0.4, -0.2) is 9.97 Å². The molecule has 4 aromatic rings. The fourth-order valence-corrected chi connectivity index (χ4v) is 2.66. The molecule has 116 valence electrons. The van der Waals surface area contributed by atoms with Crippen LogP contribution in [0, 0.1) is 6.92 Å². The van der Waals surface area contributed by atoms with Gasteiger partial charge in [0.05, 0.1) is 5.52 Å². The highest BCUT2D eigenvalue weighted by Gasteiger charge is 2.09. The molecule has 0 unspecified atom stereocenters. The normalized spacial score (nSPS) is 10.7. The highest BCUT2D eigenvalue weighted by atomic mass is 15.0. The smallest absolute Gasteiger partial charge is 0.162 e. The van der Waals surface area contributed by atoms with Crippen LogP contribution in [0.2, 0.25) is 0 Å². The molecule has 0 aliphatic rings. The van der Waals surface area contributed by atoms with Crippen LogP contribution in [0.1, 0.15) is 5.56 Å². The topological polar surface area (TPSA) is 37.8 Å². The van der Waals surface area contributed by atoms with Crippen LogP contribution in [0.25, 0.3) is 22.3 Å². The summed E-state index contributed by atoms with van der Waals surface area (Å²) >= 11 is 0. The first kappa shape index (κ1) is 14.4. The Kier molecular flexibility index (Phi) is 3.67. The Bertz CT molecular complexity index is 977. The summed E-state index contributed by atoms with van der Waals surface area (Å²) < 4.78 is 0. The molecule has 3 heteroatoms. The predicted molar refractivity (Wildman–Crippen MR) is 99.4 cm³/mol. The Morgan fingerprint density at radius 3 is 2.21 bits per heavy atom. The third kappa shape index (κ3) is 2.84.